The second kappa shape index (κ2) is 3.90. The molecule has 0 saturated carbocycles. The number of H-pyrrole nitrogens is 1. The zero-order valence-corrected chi connectivity index (χ0v) is 9.35. The SMILES string of the molecule is COC(=O)c1ccc(-c2sccc2C)[nH]1. The molecule has 0 fully saturated rings. The molecule has 78 valence electrons. The molecule has 0 aliphatic rings. The quantitative estimate of drug-likeness (QED) is 0.792. The van der Waals surface area contributed by atoms with E-state index < -0.39 is 0 Å². The Kier molecular flexibility index (Phi) is 2.60. The van der Waals surface area contributed by atoms with Crippen molar-refractivity contribution in [2.24, 2.45) is 0 Å². The highest BCUT2D eigenvalue weighted by Crippen LogP contribution is 2.28. The van der Waals surface area contributed by atoms with Crippen LogP contribution in [0, 0.1) is 6.92 Å². The van der Waals surface area contributed by atoms with Gasteiger partial charge in [0.25, 0.3) is 0 Å². The number of ether oxygens (including phenoxy) is 1. The molecule has 0 radical (unpaired) electrons. The summed E-state index contributed by atoms with van der Waals surface area (Å²) in [4.78, 5) is 15.4. The standard InChI is InChI=1S/C11H11NO2S/c1-7-5-6-15-10(7)8-3-4-9(12-8)11(13)14-2/h3-6,12H,1-2H3. The fourth-order valence-corrected chi connectivity index (χ4v) is 2.31. The van der Waals surface area contributed by atoms with Gasteiger partial charge >= 0.3 is 5.97 Å². The Morgan fingerprint density at radius 3 is 2.80 bits per heavy atom. The zero-order valence-electron chi connectivity index (χ0n) is 8.53. The van der Waals surface area contributed by atoms with Crippen LogP contribution in [0.5, 0.6) is 0 Å². The van der Waals surface area contributed by atoms with E-state index in [9.17, 15) is 4.79 Å². The number of aromatic nitrogens is 1. The second-order valence-corrected chi connectivity index (χ2v) is 4.13. The summed E-state index contributed by atoms with van der Waals surface area (Å²) in [5, 5.41) is 2.03. The molecular weight excluding hydrogens is 210 g/mol. The van der Waals surface area contributed by atoms with Crippen molar-refractivity contribution in [3.63, 3.8) is 0 Å². The molecule has 2 heterocycles. The van der Waals surface area contributed by atoms with E-state index in [0.717, 1.165) is 10.6 Å². The normalized spacial score (nSPS) is 10.3. The fraction of sp³-hybridized carbons (Fsp3) is 0.182. The predicted molar refractivity (Wildman–Crippen MR) is 60.2 cm³/mol. The first kappa shape index (κ1) is 9.98. The van der Waals surface area contributed by atoms with Gasteiger partial charge in [-0.3, -0.25) is 0 Å². The minimum absolute atomic E-state index is 0.338. The highest BCUT2D eigenvalue weighted by molar-refractivity contribution is 7.13. The van der Waals surface area contributed by atoms with E-state index >= 15 is 0 Å². The van der Waals surface area contributed by atoms with Crippen LogP contribution in [0.4, 0.5) is 0 Å². The molecule has 0 unspecified atom stereocenters. The van der Waals surface area contributed by atoms with Gasteiger partial charge in [0.2, 0.25) is 0 Å². The van der Waals surface area contributed by atoms with E-state index in [-0.39, 0.29) is 5.97 Å². The summed E-state index contributed by atoms with van der Waals surface area (Å²) in [5.41, 5.74) is 2.65. The van der Waals surface area contributed by atoms with Gasteiger partial charge in [0.05, 0.1) is 17.7 Å². The van der Waals surface area contributed by atoms with Gasteiger partial charge in [0.15, 0.2) is 0 Å². The summed E-state index contributed by atoms with van der Waals surface area (Å²) in [6.07, 6.45) is 0. The Morgan fingerprint density at radius 1 is 1.40 bits per heavy atom. The minimum Gasteiger partial charge on any atom is -0.464 e. The molecule has 4 heteroatoms. The van der Waals surface area contributed by atoms with Gasteiger partial charge in [-0.25, -0.2) is 4.79 Å². The van der Waals surface area contributed by atoms with Gasteiger partial charge < -0.3 is 9.72 Å². The van der Waals surface area contributed by atoms with Gasteiger partial charge in [-0.15, -0.1) is 11.3 Å². The van der Waals surface area contributed by atoms with E-state index in [1.54, 1.807) is 17.4 Å². The van der Waals surface area contributed by atoms with Crippen molar-refractivity contribution in [2.45, 2.75) is 6.92 Å². The third kappa shape index (κ3) is 1.80. The van der Waals surface area contributed by atoms with Crippen molar-refractivity contribution in [1.29, 1.82) is 0 Å². The van der Waals surface area contributed by atoms with Crippen molar-refractivity contribution in [1.82, 2.24) is 4.98 Å². The van der Waals surface area contributed by atoms with Gasteiger partial charge in [-0.2, -0.15) is 0 Å². The van der Waals surface area contributed by atoms with Gasteiger partial charge in [-0.1, -0.05) is 0 Å². The molecule has 1 N–H and O–H groups in total. The third-order valence-electron chi connectivity index (χ3n) is 2.20. The first-order chi connectivity index (χ1) is 7.22. The minimum atomic E-state index is -0.338. The Morgan fingerprint density at radius 2 is 2.20 bits per heavy atom. The average Bonchev–Trinajstić information content (AvgIpc) is 2.84. The summed E-state index contributed by atoms with van der Waals surface area (Å²) in [6, 6.07) is 5.68. The van der Waals surface area contributed by atoms with Crippen LogP contribution in [0.15, 0.2) is 23.6 Å². The number of hydrogen-bond donors (Lipinski definition) is 1. The number of nitrogens with one attached hydrogen (secondary N) is 1. The lowest BCUT2D eigenvalue weighted by atomic mass is 10.2. The van der Waals surface area contributed by atoms with Crippen molar-refractivity contribution in [2.75, 3.05) is 7.11 Å². The van der Waals surface area contributed by atoms with Crippen LogP contribution in [-0.4, -0.2) is 18.1 Å². The highest BCUT2D eigenvalue weighted by atomic mass is 32.1. The van der Waals surface area contributed by atoms with Crippen molar-refractivity contribution in [3.05, 3.63) is 34.8 Å². The van der Waals surface area contributed by atoms with E-state index in [2.05, 4.69) is 15.8 Å². The number of carbonyl (C=O) groups is 1. The maximum absolute atomic E-state index is 11.2. The van der Waals surface area contributed by atoms with Crippen LogP contribution in [0.25, 0.3) is 10.6 Å². The summed E-state index contributed by atoms with van der Waals surface area (Å²) >= 11 is 1.65. The molecule has 0 aliphatic heterocycles. The average molecular weight is 221 g/mol. The molecule has 2 rings (SSSR count). The molecule has 0 saturated heterocycles. The Hall–Kier alpha value is -1.55. The number of methoxy groups -OCH3 is 1. The largest absolute Gasteiger partial charge is 0.464 e. The maximum Gasteiger partial charge on any atom is 0.354 e. The van der Waals surface area contributed by atoms with Crippen LogP contribution in [0.2, 0.25) is 0 Å². The van der Waals surface area contributed by atoms with E-state index in [4.69, 9.17) is 0 Å². The zero-order chi connectivity index (χ0) is 10.8. The van der Waals surface area contributed by atoms with Gasteiger partial charge in [0, 0.05) is 0 Å². The summed E-state index contributed by atoms with van der Waals surface area (Å²) in [6.45, 7) is 2.05. The highest BCUT2D eigenvalue weighted by Gasteiger charge is 2.10. The number of rotatable bonds is 2. The maximum atomic E-state index is 11.2. The summed E-state index contributed by atoms with van der Waals surface area (Å²) in [7, 11) is 1.37. The van der Waals surface area contributed by atoms with Gasteiger partial charge in [0.1, 0.15) is 5.69 Å². The first-order valence-corrected chi connectivity index (χ1v) is 5.42. The lowest BCUT2D eigenvalue weighted by Crippen LogP contribution is -2.00. The van der Waals surface area contributed by atoms with Crippen molar-refractivity contribution in [3.8, 4) is 10.6 Å². The molecule has 0 spiro atoms. The predicted octanol–water partition coefficient (Wildman–Crippen LogP) is 2.84. The van der Waals surface area contributed by atoms with E-state index in [0.29, 0.717) is 5.69 Å². The molecule has 0 aliphatic carbocycles. The van der Waals surface area contributed by atoms with Crippen molar-refractivity contribution < 1.29 is 9.53 Å². The molecular formula is C11H11NO2S. The number of aryl methyl sites for hydroxylation is 1. The Labute approximate surface area is 91.7 Å². The molecule has 0 amide bonds. The lowest BCUT2D eigenvalue weighted by molar-refractivity contribution is 0.0595. The molecule has 2 aromatic heterocycles. The van der Waals surface area contributed by atoms with Gasteiger partial charge in [-0.05, 0) is 36.1 Å². The molecule has 0 atom stereocenters. The molecule has 15 heavy (non-hydrogen) atoms. The monoisotopic (exact) mass is 221 g/mol. The Balaban J connectivity index is 2.36. The summed E-state index contributed by atoms with van der Waals surface area (Å²) in [5.74, 6) is -0.338. The van der Waals surface area contributed by atoms with E-state index in [1.807, 2.05) is 18.4 Å². The van der Waals surface area contributed by atoms with Crippen LogP contribution in [-0.2, 0) is 4.74 Å². The van der Waals surface area contributed by atoms with E-state index in [1.165, 1.54) is 12.7 Å². The molecule has 2 aromatic rings. The molecule has 0 bridgehead atoms. The fourth-order valence-electron chi connectivity index (χ4n) is 1.41. The van der Waals surface area contributed by atoms with Crippen LogP contribution >= 0.6 is 11.3 Å². The number of hydrogen-bond acceptors (Lipinski definition) is 3. The van der Waals surface area contributed by atoms with Crippen LogP contribution in [0.1, 0.15) is 16.1 Å². The van der Waals surface area contributed by atoms with Crippen LogP contribution in [0.3, 0.4) is 0 Å². The van der Waals surface area contributed by atoms with Crippen LogP contribution < -0.4 is 0 Å². The number of esters is 1. The topological polar surface area (TPSA) is 42.1 Å². The third-order valence-corrected chi connectivity index (χ3v) is 3.25. The second-order valence-electron chi connectivity index (χ2n) is 3.21. The first-order valence-electron chi connectivity index (χ1n) is 4.54. The number of carbonyl (C=O) groups excluding carboxylic acids is 1. The Bertz CT molecular complexity index is 484. The molecule has 3 nitrogen and oxygen atoms in total. The lowest BCUT2D eigenvalue weighted by Gasteiger charge is -1.96. The smallest absolute Gasteiger partial charge is 0.354 e. The molecule has 0 aromatic carbocycles. The number of thiophene rings is 1. The number of aromatic amines is 1. The summed E-state index contributed by atoms with van der Waals surface area (Å²) < 4.78 is 4.63. The van der Waals surface area contributed by atoms with Crippen molar-refractivity contribution >= 4 is 17.3 Å².